The van der Waals surface area contributed by atoms with Crippen molar-refractivity contribution in [3.63, 3.8) is 0 Å². The molecule has 0 unspecified atom stereocenters. The molecule has 5 atom stereocenters. The number of benzene rings is 2. The van der Waals surface area contributed by atoms with Crippen molar-refractivity contribution in [1.29, 1.82) is 0 Å². The van der Waals surface area contributed by atoms with E-state index in [0.29, 0.717) is 35.6 Å². The molecule has 9 heteroatoms. The molecule has 43 heavy (non-hydrogen) atoms. The van der Waals surface area contributed by atoms with E-state index in [2.05, 4.69) is 9.62 Å². The number of anilines is 1. The van der Waals surface area contributed by atoms with Crippen LogP contribution in [0.2, 0.25) is 5.02 Å². The standard InChI is InChI=1S/C34H47ClN2O5S/c1-5-22(2)23(3)43(40,41)36-33(38)25-11-16-32-31(19-25)37(20-26-10-15-30(26)34(4,39)28-12-13-28)17-7-6-8-24-18-29(35)14-9-27(24)21-42-32/h9,11,14,16,18-19,22-23,26,28,30,39H,5-8,10,12-13,15,17,20-21H2,1-4H3,(H,36,38)/t22-,23+,26-,30+,34-/m0/s1. The molecular formula is C34H47ClN2O5S. The van der Waals surface area contributed by atoms with Crippen LogP contribution in [0.5, 0.6) is 5.75 Å². The van der Waals surface area contributed by atoms with E-state index in [1.54, 1.807) is 25.1 Å². The van der Waals surface area contributed by atoms with Crippen LogP contribution in [0.4, 0.5) is 5.69 Å². The summed E-state index contributed by atoms with van der Waals surface area (Å²) in [7, 11) is -3.84. The van der Waals surface area contributed by atoms with Crippen molar-refractivity contribution in [2.45, 2.75) is 96.5 Å². The molecule has 0 radical (unpaired) electrons. The van der Waals surface area contributed by atoms with Gasteiger partial charge in [-0.25, -0.2) is 13.1 Å². The maximum absolute atomic E-state index is 13.4. The highest BCUT2D eigenvalue weighted by Crippen LogP contribution is 2.52. The van der Waals surface area contributed by atoms with E-state index in [-0.39, 0.29) is 17.4 Å². The molecule has 1 heterocycles. The molecule has 2 aromatic rings. The highest BCUT2D eigenvalue weighted by Gasteiger charge is 2.51. The maximum atomic E-state index is 13.4. The fraction of sp³-hybridized carbons (Fsp3) is 0.618. The first-order chi connectivity index (χ1) is 20.4. The quantitative estimate of drug-likeness (QED) is 0.318. The number of fused-ring (bicyclic) bond motifs is 2. The number of ether oxygens (including phenoxy) is 1. The Balaban J connectivity index is 1.45. The molecule has 2 fully saturated rings. The van der Waals surface area contributed by atoms with Crippen molar-refractivity contribution in [3.05, 3.63) is 58.1 Å². The Kier molecular flexibility index (Phi) is 9.69. The minimum atomic E-state index is -3.84. The van der Waals surface area contributed by atoms with Gasteiger partial charge in [0.25, 0.3) is 5.91 Å². The van der Waals surface area contributed by atoms with Gasteiger partial charge in [-0.2, -0.15) is 0 Å². The zero-order valence-electron chi connectivity index (χ0n) is 25.9. The normalized spacial score (nSPS) is 23.7. The third-order valence-corrected chi connectivity index (χ3v) is 12.6. The first-order valence-corrected chi connectivity index (χ1v) is 17.9. The number of carbonyl (C=O) groups excluding carboxylic acids is 1. The lowest BCUT2D eigenvalue weighted by molar-refractivity contribution is -0.0831. The summed E-state index contributed by atoms with van der Waals surface area (Å²) in [6.07, 6.45) is 7.76. The smallest absolute Gasteiger partial charge is 0.264 e. The molecule has 236 valence electrons. The summed E-state index contributed by atoms with van der Waals surface area (Å²) in [5.74, 6) is 0.901. The van der Waals surface area contributed by atoms with Crippen molar-refractivity contribution in [3.8, 4) is 5.75 Å². The van der Waals surface area contributed by atoms with Gasteiger partial charge in [-0.15, -0.1) is 0 Å². The summed E-state index contributed by atoms with van der Waals surface area (Å²) in [6, 6.07) is 11.1. The fourth-order valence-corrected chi connectivity index (χ4v) is 8.37. The lowest BCUT2D eigenvalue weighted by Crippen LogP contribution is -2.50. The number of halogens is 1. The zero-order chi connectivity index (χ0) is 30.9. The molecule has 0 saturated heterocycles. The number of amides is 1. The predicted molar refractivity (Wildman–Crippen MR) is 172 cm³/mol. The number of aliphatic hydroxyl groups is 1. The molecule has 2 N–H and O–H groups in total. The largest absolute Gasteiger partial charge is 0.487 e. The van der Waals surface area contributed by atoms with Gasteiger partial charge in [0.05, 0.1) is 16.5 Å². The lowest BCUT2D eigenvalue weighted by atomic mass is 9.63. The number of hydrogen-bond donors (Lipinski definition) is 2. The minimum Gasteiger partial charge on any atom is -0.487 e. The Hall–Kier alpha value is -2.29. The Labute approximate surface area is 262 Å². The summed E-state index contributed by atoms with van der Waals surface area (Å²) >= 11 is 6.32. The number of sulfonamides is 1. The molecule has 2 aromatic carbocycles. The SMILES string of the molecule is CC[C@H](C)[C@@H](C)S(=O)(=O)NC(=O)c1ccc2c(c1)N(C[C@@H]1CC[C@H]1[C@@](C)(O)C1CC1)CCCCc1cc(Cl)ccc1CO2. The van der Waals surface area contributed by atoms with Crippen LogP contribution in [0, 0.1) is 23.7 Å². The van der Waals surface area contributed by atoms with E-state index in [1.165, 1.54) is 5.56 Å². The monoisotopic (exact) mass is 630 g/mol. The van der Waals surface area contributed by atoms with Crippen molar-refractivity contribution in [1.82, 2.24) is 4.72 Å². The van der Waals surface area contributed by atoms with Crippen LogP contribution in [-0.4, -0.2) is 43.4 Å². The predicted octanol–water partition coefficient (Wildman–Crippen LogP) is 6.74. The van der Waals surface area contributed by atoms with Crippen LogP contribution in [0.1, 0.15) is 94.1 Å². The molecule has 0 spiro atoms. The Bertz CT molecular complexity index is 1420. The van der Waals surface area contributed by atoms with Gasteiger partial charge in [0.15, 0.2) is 0 Å². The van der Waals surface area contributed by atoms with Gasteiger partial charge >= 0.3 is 0 Å². The second-order valence-corrected chi connectivity index (χ2v) is 15.8. The first-order valence-electron chi connectivity index (χ1n) is 16.0. The fourth-order valence-electron chi connectivity index (χ4n) is 6.81. The first kappa shape index (κ1) is 32.1. The Morgan fingerprint density at radius 2 is 1.88 bits per heavy atom. The second kappa shape index (κ2) is 13.0. The van der Waals surface area contributed by atoms with Crippen LogP contribution in [0.25, 0.3) is 0 Å². The average Bonchev–Trinajstić information content (AvgIpc) is 3.81. The molecule has 3 aliphatic rings. The van der Waals surface area contributed by atoms with Gasteiger partial charge in [0.2, 0.25) is 10.0 Å². The summed E-state index contributed by atoms with van der Waals surface area (Å²) in [5.41, 5.74) is 2.67. The molecule has 7 nitrogen and oxygen atoms in total. The zero-order valence-corrected chi connectivity index (χ0v) is 27.5. The third-order valence-electron chi connectivity index (χ3n) is 10.4. The van der Waals surface area contributed by atoms with E-state index in [4.69, 9.17) is 16.3 Å². The molecule has 0 aromatic heterocycles. The second-order valence-electron chi connectivity index (χ2n) is 13.3. The lowest BCUT2D eigenvalue weighted by Gasteiger charge is -2.48. The molecule has 5 rings (SSSR count). The molecule has 2 saturated carbocycles. The van der Waals surface area contributed by atoms with Gasteiger partial charge in [0, 0.05) is 23.7 Å². The van der Waals surface area contributed by atoms with Gasteiger partial charge in [0.1, 0.15) is 12.4 Å². The summed E-state index contributed by atoms with van der Waals surface area (Å²) in [5, 5.41) is 11.4. The van der Waals surface area contributed by atoms with E-state index in [0.717, 1.165) is 69.3 Å². The topological polar surface area (TPSA) is 95.9 Å². The van der Waals surface area contributed by atoms with Crippen molar-refractivity contribution in [2.24, 2.45) is 23.7 Å². The third kappa shape index (κ3) is 7.18. The summed E-state index contributed by atoms with van der Waals surface area (Å²) in [6.45, 7) is 9.35. The van der Waals surface area contributed by atoms with Crippen LogP contribution < -0.4 is 14.4 Å². The van der Waals surface area contributed by atoms with Crippen molar-refractivity contribution >= 4 is 33.2 Å². The Morgan fingerprint density at radius 1 is 1.12 bits per heavy atom. The van der Waals surface area contributed by atoms with Crippen LogP contribution in [0.3, 0.4) is 0 Å². The maximum Gasteiger partial charge on any atom is 0.264 e. The number of hydrogen-bond acceptors (Lipinski definition) is 6. The van der Waals surface area contributed by atoms with Crippen molar-refractivity contribution < 1.29 is 23.1 Å². The number of rotatable bonds is 9. The van der Waals surface area contributed by atoms with E-state index in [9.17, 15) is 18.3 Å². The minimum absolute atomic E-state index is 0.0809. The van der Waals surface area contributed by atoms with Crippen LogP contribution in [0.15, 0.2) is 36.4 Å². The van der Waals surface area contributed by atoms with Gasteiger partial charge < -0.3 is 14.7 Å². The number of carbonyl (C=O) groups is 1. The van der Waals surface area contributed by atoms with Crippen LogP contribution >= 0.6 is 11.6 Å². The van der Waals surface area contributed by atoms with E-state index >= 15 is 0 Å². The van der Waals surface area contributed by atoms with E-state index < -0.39 is 26.8 Å². The highest BCUT2D eigenvalue weighted by atomic mass is 35.5. The number of nitrogens with one attached hydrogen (secondary N) is 1. The number of aryl methyl sites for hydroxylation is 1. The molecule has 2 aliphatic carbocycles. The average molecular weight is 631 g/mol. The Morgan fingerprint density at radius 3 is 2.56 bits per heavy atom. The molecule has 1 amide bonds. The van der Waals surface area contributed by atoms with Crippen LogP contribution in [-0.2, 0) is 23.1 Å². The molecule has 1 aliphatic heterocycles. The summed E-state index contributed by atoms with van der Waals surface area (Å²) in [4.78, 5) is 15.7. The van der Waals surface area contributed by atoms with Crippen molar-refractivity contribution in [2.75, 3.05) is 18.0 Å². The van der Waals surface area contributed by atoms with Gasteiger partial charge in [-0.3, -0.25) is 4.79 Å². The van der Waals surface area contributed by atoms with Gasteiger partial charge in [-0.05, 0) is 124 Å². The highest BCUT2D eigenvalue weighted by molar-refractivity contribution is 7.90. The number of nitrogens with zero attached hydrogens (tertiary/aromatic N) is 1. The molecule has 0 bridgehead atoms. The van der Waals surface area contributed by atoms with E-state index in [1.807, 2.05) is 39.0 Å². The molecular weight excluding hydrogens is 584 g/mol. The van der Waals surface area contributed by atoms with Gasteiger partial charge in [-0.1, -0.05) is 37.9 Å². The summed E-state index contributed by atoms with van der Waals surface area (Å²) < 4.78 is 34.8.